The van der Waals surface area contributed by atoms with E-state index in [1.54, 1.807) is 0 Å². The molecule has 0 spiro atoms. The summed E-state index contributed by atoms with van der Waals surface area (Å²) in [6.07, 6.45) is 1.26. The van der Waals surface area contributed by atoms with E-state index < -0.39 is 17.7 Å². The fraction of sp³-hybridized carbons (Fsp3) is 0.800. The molecule has 0 amide bonds. The van der Waals surface area contributed by atoms with E-state index in [4.69, 9.17) is 4.74 Å². The molecule has 0 radical (unpaired) electrons. The Labute approximate surface area is 116 Å². The Morgan fingerprint density at radius 1 is 0.950 bits per heavy atom. The third-order valence-electron chi connectivity index (χ3n) is 5.21. The highest BCUT2D eigenvalue weighted by Crippen LogP contribution is 2.52. The lowest BCUT2D eigenvalue weighted by atomic mass is 9.68. The summed E-state index contributed by atoms with van der Waals surface area (Å²) in [5, 5.41) is 0. The molecule has 4 fully saturated rings. The topological polar surface area (TPSA) is 26.3 Å². The summed E-state index contributed by atoms with van der Waals surface area (Å²) in [4.78, 5) is 11.6. The van der Waals surface area contributed by atoms with Crippen molar-refractivity contribution < 1.29 is 22.7 Å². The van der Waals surface area contributed by atoms with Crippen molar-refractivity contribution in [2.75, 3.05) is 0 Å². The van der Waals surface area contributed by atoms with Crippen LogP contribution in [0.1, 0.15) is 38.5 Å². The molecule has 4 rings (SSSR count). The molecule has 4 bridgehead atoms. The van der Waals surface area contributed by atoms with E-state index in [-0.39, 0.29) is 12.0 Å². The highest BCUT2D eigenvalue weighted by atomic mass is 19.4. The summed E-state index contributed by atoms with van der Waals surface area (Å²) < 4.78 is 42.6. The molecule has 0 aromatic carbocycles. The van der Waals surface area contributed by atoms with E-state index in [0.29, 0.717) is 17.8 Å². The van der Waals surface area contributed by atoms with Gasteiger partial charge in [0.25, 0.3) is 0 Å². The molecule has 2 nitrogen and oxygen atoms in total. The number of fused-ring (bicyclic) bond motifs is 1. The number of ether oxygens (including phenoxy) is 1. The number of hydrogen-bond acceptors (Lipinski definition) is 2. The number of esters is 1. The first kappa shape index (κ1) is 14.0. The fourth-order valence-electron chi connectivity index (χ4n) is 4.53. The SMILES string of the molecule is C=C(C(=O)OC1CC2CC3CC(C2)CC1C3)C(F)(F)F. The lowest BCUT2D eigenvalue weighted by Gasteiger charge is -2.38. The Balaban J connectivity index is 1.69. The molecule has 3 atom stereocenters. The van der Waals surface area contributed by atoms with Gasteiger partial charge in [-0.25, -0.2) is 4.79 Å². The first-order valence-electron chi connectivity index (χ1n) is 7.30. The van der Waals surface area contributed by atoms with Crippen LogP contribution in [-0.2, 0) is 9.53 Å². The summed E-state index contributed by atoms with van der Waals surface area (Å²) in [5.74, 6) is 0.849. The lowest BCUT2D eigenvalue weighted by Crippen LogP contribution is -2.32. The molecule has 4 aliphatic rings. The molecule has 4 aliphatic carbocycles. The molecule has 0 aliphatic heterocycles. The van der Waals surface area contributed by atoms with Crippen LogP contribution < -0.4 is 0 Å². The van der Waals surface area contributed by atoms with Crippen LogP contribution >= 0.6 is 0 Å². The Bertz CT molecular complexity index is 415. The van der Waals surface area contributed by atoms with Gasteiger partial charge in [-0.3, -0.25) is 0 Å². The van der Waals surface area contributed by atoms with Gasteiger partial charge in [0.2, 0.25) is 0 Å². The highest BCUT2D eigenvalue weighted by Gasteiger charge is 2.46. The molecule has 5 heteroatoms. The smallest absolute Gasteiger partial charge is 0.422 e. The number of alkyl halides is 3. The zero-order valence-electron chi connectivity index (χ0n) is 11.3. The van der Waals surface area contributed by atoms with Crippen LogP contribution in [0.3, 0.4) is 0 Å². The minimum atomic E-state index is -4.70. The second-order valence-corrected chi connectivity index (χ2v) is 6.69. The van der Waals surface area contributed by atoms with E-state index in [1.165, 1.54) is 6.42 Å². The average Bonchev–Trinajstić information content (AvgIpc) is 2.51. The van der Waals surface area contributed by atoms with Crippen molar-refractivity contribution in [1.82, 2.24) is 0 Å². The molecule has 112 valence electrons. The third kappa shape index (κ3) is 2.59. The molecule has 0 saturated heterocycles. The quantitative estimate of drug-likeness (QED) is 0.569. The van der Waals surface area contributed by atoms with E-state index in [1.807, 2.05) is 0 Å². The molecule has 3 unspecified atom stereocenters. The minimum absolute atomic E-state index is 0.247. The molecule has 4 saturated carbocycles. The summed E-state index contributed by atoms with van der Waals surface area (Å²) in [6, 6.07) is 0. The van der Waals surface area contributed by atoms with Crippen molar-refractivity contribution in [2.45, 2.75) is 50.8 Å². The molecular weight excluding hydrogens is 269 g/mol. The molecule has 0 aromatic rings. The van der Waals surface area contributed by atoms with Gasteiger partial charge in [-0.15, -0.1) is 0 Å². The molecular formula is C15H19F3O2. The van der Waals surface area contributed by atoms with Crippen molar-refractivity contribution >= 4 is 5.97 Å². The molecule has 20 heavy (non-hydrogen) atoms. The zero-order valence-corrected chi connectivity index (χ0v) is 11.3. The van der Waals surface area contributed by atoms with Crippen LogP contribution in [0.5, 0.6) is 0 Å². The Morgan fingerprint density at radius 3 is 1.95 bits per heavy atom. The summed E-state index contributed by atoms with van der Waals surface area (Å²) >= 11 is 0. The van der Waals surface area contributed by atoms with Gasteiger partial charge in [0.15, 0.2) is 0 Å². The van der Waals surface area contributed by atoms with Gasteiger partial charge < -0.3 is 4.74 Å². The maximum Gasteiger partial charge on any atom is 0.422 e. The predicted molar refractivity (Wildman–Crippen MR) is 66.7 cm³/mol. The second kappa shape index (κ2) is 4.78. The number of carbonyl (C=O) groups is 1. The lowest BCUT2D eigenvalue weighted by molar-refractivity contribution is -0.158. The van der Waals surface area contributed by atoms with Gasteiger partial charge in [0.1, 0.15) is 11.7 Å². The number of rotatable bonds is 2. The normalized spacial score (nSPS) is 39.5. The van der Waals surface area contributed by atoms with E-state index in [2.05, 4.69) is 6.58 Å². The summed E-state index contributed by atoms with van der Waals surface area (Å²) in [5.41, 5.74) is -1.39. The van der Waals surface area contributed by atoms with E-state index in [0.717, 1.165) is 32.1 Å². The van der Waals surface area contributed by atoms with Crippen molar-refractivity contribution in [2.24, 2.45) is 23.7 Å². The summed E-state index contributed by atoms with van der Waals surface area (Å²) in [6.45, 7) is 2.82. The van der Waals surface area contributed by atoms with Crippen molar-refractivity contribution in [3.05, 3.63) is 12.2 Å². The first-order valence-corrected chi connectivity index (χ1v) is 7.30. The molecule has 0 N–H and O–H groups in total. The third-order valence-corrected chi connectivity index (χ3v) is 5.21. The Hall–Kier alpha value is -1.00. The van der Waals surface area contributed by atoms with E-state index >= 15 is 0 Å². The Kier molecular flexibility index (Phi) is 3.33. The van der Waals surface area contributed by atoms with E-state index in [9.17, 15) is 18.0 Å². The van der Waals surface area contributed by atoms with Gasteiger partial charge in [0, 0.05) is 0 Å². The first-order chi connectivity index (χ1) is 9.33. The van der Waals surface area contributed by atoms with Gasteiger partial charge in [-0.2, -0.15) is 13.2 Å². The van der Waals surface area contributed by atoms with Crippen LogP contribution in [0, 0.1) is 23.7 Å². The predicted octanol–water partition coefficient (Wildman–Crippen LogP) is 3.86. The van der Waals surface area contributed by atoms with Gasteiger partial charge in [-0.1, -0.05) is 6.58 Å². The average molecular weight is 288 g/mol. The van der Waals surface area contributed by atoms with Crippen molar-refractivity contribution in [3.8, 4) is 0 Å². The summed E-state index contributed by atoms with van der Waals surface area (Å²) in [7, 11) is 0. The van der Waals surface area contributed by atoms with Crippen LogP contribution in [0.15, 0.2) is 12.2 Å². The van der Waals surface area contributed by atoms with Gasteiger partial charge in [-0.05, 0) is 62.2 Å². The molecule has 0 heterocycles. The van der Waals surface area contributed by atoms with Crippen LogP contribution in [0.2, 0.25) is 0 Å². The standard InChI is InChI=1S/C15H19F3O2/c1-8(15(16,17)18)14(19)20-13-7-11-3-9-2-10(4-11)6-12(13)5-9/h9-13H,1-7H2. The second-order valence-electron chi connectivity index (χ2n) is 6.69. The Morgan fingerprint density at radius 2 is 1.45 bits per heavy atom. The number of halogens is 3. The van der Waals surface area contributed by atoms with Crippen LogP contribution in [-0.4, -0.2) is 18.2 Å². The van der Waals surface area contributed by atoms with Gasteiger partial charge in [0.05, 0.1) is 0 Å². The largest absolute Gasteiger partial charge is 0.458 e. The highest BCUT2D eigenvalue weighted by molar-refractivity contribution is 5.89. The fourth-order valence-corrected chi connectivity index (χ4v) is 4.53. The maximum atomic E-state index is 12.5. The zero-order chi connectivity index (χ0) is 14.5. The van der Waals surface area contributed by atoms with Gasteiger partial charge >= 0.3 is 12.1 Å². The van der Waals surface area contributed by atoms with Crippen LogP contribution in [0.4, 0.5) is 13.2 Å². The number of carbonyl (C=O) groups excluding carboxylic acids is 1. The van der Waals surface area contributed by atoms with Crippen LogP contribution in [0.25, 0.3) is 0 Å². The molecule has 0 aromatic heterocycles. The maximum absolute atomic E-state index is 12.5. The monoisotopic (exact) mass is 288 g/mol. The van der Waals surface area contributed by atoms with Crippen molar-refractivity contribution in [3.63, 3.8) is 0 Å². The number of hydrogen-bond donors (Lipinski definition) is 0. The van der Waals surface area contributed by atoms with Crippen molar-refractivity contribution in [1.29, 1.82) is 0 Å². The minimum Gasteiger partial charge on any atom is -0.458 e.